The Hall–Kier alpha value is -3.26. The summed E-state index contributed by atoms with van der Waals surface area (Å²) in [6.07, 6.45) is 7.25. The average Bonchev–Trinajstić information content (AvgIpc) is 3.53. The van der Waals surface area contributed by atoms with Crippen LogP contribution in [0.5, 0.6) is 0 Å². The highest BCUT2D eigenvalue weighted by Gasteiger charge is 2.34. The second kappa shape index (κ2) is 12.4. The fraction of sp³-hybridized carbons (Fsp3) is 0.308. The van der Waals surface area contributed by atoms with Gasteiger partial charge < -0.3 is 13.8 Å². The Balaban J connectivity index is 0.000000247. The zero-order valence-corrected chi connectivity index (χ0v) is 20.8. The van der Waals surface area contributed by atoms with Crippen LogP contribution >= 0.6 is 11.6 Å². The van der Waals surface area contributed by atoms with Crippen LogP contribution in [0.15, 0.2) is 86.6 Å². The number of rotatable bonds is 5. The molecule has 2 aromatic rings. The predicted molar refractivity (Wildman–Crippen MR) is 131 cm³/mol. The lowest BCUT2D eigenvalue weighted by atomic mass is 10.0. The van der Waals surface area contributed by atoms with Crippen LogP contribution in [-0.4, -0.2) is 35.2 Å². The largest absolute Gasteiger partial charge is 0.472 e. The zero-order chi connectivity index (χ0) is 26.2. The second-order valence-corrected chi connectivity index (χ2v) is 8.46. The first kappa shape index (κ1) is 28.0. The second-order valence-electron chi connectivity index (χ2n) is 7.89. The van der Waals surface area contributed by atoms with Gasteiger partial charge in [0.1, 0.15) is 6.26 Å². The number of halogens is 4. The first-order valence-electron chi connectivity index (χ1n) is 10.8. The van der Waals surface area contributed by atoms with Crippen LogP contribution in [0.4, 0.5) is 13.2 Å². The summed E-state index contributed by atoms with van der Waals surface area (Å²) in [4.78, 5) is 13.8. The molecule has 1 aliphatic heterocycles. The van der Waals surface area contributed by atoms with Crippen LogP contribution in [0.3, 0.4) is 0 Å². The maximum atomic E-state index is 12.7. The molecule has 0 bridgehead atoms. The van der Waals surface area contributed by atoms with Crippen molar-refractivity contribution in [2.24, 2.45) is 0 Å². The topological polar surface area (TPSA) is 59.5 Å². The molecule has 0 radical (unpaired) electrons. The van der Waals surface area contributed by atoms with Crippen LogP contribution in [0.25, 0.3) is 11.1 Å². The third kappa shape index (κ3) is 7.89. The van der Waals surface area contributed by atoms with E-state index in [-0.39, 0.29) is 11.5 Å². The van der Waals surface area contributed by atoms with Gasteiger partial charge in [-0.1, -0.05) is 35.5 Å². The van der Waals surface area contributed by atoms with Crippen molar-refractivity contribution < 1.29 is 26.9 Å². The van der Waals surface area contributed by atoms with Gasteiger partial charge in [-0.25, -0.2) is 0 Å². The molecule has 2 aromatic heterocycles. The molecule has 0 aliphatic carbocycles. The van der Waals surface area contributed by atoms with Crippen molar-refractivity contribution >= 4 is 28.7 Å². The number of nitrogens with zero attached hydrogens (tertiary/aromatic N) is 2. The van der Waals surface area contributed by atoms with E-state index in [0.29, 0.717) is 34.8 Å². The number of amides is 1. The molecule has 1 amide bonds. The van der Waals surface area contributed by atoms with Crippen molar-refractivity contribution in [2.45, 2.75) is 40.3 Å². The highest BCUT2D eigenvalue weighted by molar-refractivity contribution is 6.31. The molecule has 0 fully saturated rings. The minimum absolute atomic E-state index is 0.00289. The van der Waals surface area contributed by atoms with Crippen LogP contribution in [0.2, 0.25) is 0 Å². The number of furan rings is 1. The molecule has 0 spiro atoms. The summed E-state index contributed by atoms with van der Waals surface area (Å²) >= 11 is 5.85. The minimum atomic E-state index is -4.40. The Bertz CT molecular complexity index is 1140. The molecule has 35 heavy (non-hydrogen) atoms. The molecule has 9 heteroatoms. The molecule has 5 nitrogen and oxygen atoms in total. The zero-order valence-electron chi connectivity index (χ0n) is 20.1. The van der Waals surface area contributed by atoms with E-state index in [1.807, 2.05) is 6.08 Å². The molecule has 0 atom stereocenters. The number of carbonyl (C=O) groups is 1. The molecule has 0 N–H and O–H groups in total. The van der Waals surface area contributed by atoms with Gasteiger partial charge in [0.25, 0.3) is 5.91 Å². The first-order chi connectivity index (χ1) is 16.5. The lowest BCUT2D eigenvalue weighted by Crippen LogP contribution is -2.35. The number of hydrogen-bond donors (Lipinski definition) is 0. The lowest BCUT2D eigenvalue weighted by molar-refractivity contribution is -0.126. The van der Waals surface area contributed by atoms with Gasteiger partial charge in [0.2, 0.25) is 0 Å². The quantitative estimate of drug-likeness (QED) is 0.308. The highest BCUT2D eigenvalue weighted by atomic mass is 35.5. The van der Waals surface area contributed by atoms with Crippen molar-refractivity contribution in [3.8, 4) is 0 Å². The minimum Gasteiger partial charge on any atom is -0.472 e. The Kier molecular flexibility index (Phi) is 9.95. The van der Waals surface area contributed by atoms with Crippen LogP contribution < -0.4 is 0 Å². The molecule has 0 unspecified atom stereocenters. The van der Waals surface area contributed by atoms with Crippen molar-refractivity contribution in [3.05, 3.63) is 88.7 Å². The molecule has 3 rings (SSSR count). The summed E-state index contributed by atoms with van der Waals surface area (Å²) in [6.45, 7) is 11.1. The van der Waals surface area contributed by atoms with E-state index in [4.69, 9.17) is 20.5 Å². The van der Waals surface area contributed by atoms with Crippen LogP contribution in [0.1, 0.15) is 45.2 Å². The fourth-order valence-electron chi connectivity index (χ4n) is 3.23. The Morgan fingerprint density at radius 2 is 1.97 bits per heavy atom. The Morgan fingerprint density at radius 3 is 2.40 bits per heavy atom. The van der Waals surface area contributed by atoms with Crippen molar-refractivity contribution in [1.29, 1.82) is 0 Å². The molecule has 0 saturated heterocycles. The van der Waals surface area contributed by atoms with E-state index in [1.165, 1.54) is 25.0 Å². The fourth-order valence-corrected chi connectivity index (χ4v) is 3.31. The summed E-state index contributed by atoms with van der Waals surface area (Å²) in [6, 6.07) is 1.61. The lowest BCUT2D eigenvalue weighted by Gasteiger charge is -2.26. The van der Waals surface area contributed by atoms with Crippen LogP contribution in [0, 0.1) is 0 Å². The van der Waals surface area contributed by atoms with Gasteiger partial charge in [-0.2, -0.15) is 13.2 Å². The van der Waals surface area contributed by atoms with E-state index in [0.717, 1.165) is 18.1 Å². The number of alkyl halides is 3. The van der Waals surface area contributed by atoms with E-state index in [9.17, 15) is 18.0 Å². The van der Waals surface area contributed by atoms with Gasteiger partial charge in [-0.15, -0.1) is 0 Å². The van der Waals surface area contributed by atoms with E-state index < -0.39 is 11.7 Å². The predicted octanol–water partition coefficient (Wildman–Crippen LogP) is 7.57. The van der Waals surface area contributed by atoms with Gasteiger partial charge in [0.15, 0.2) is 0 Å². The van der Waals surface area contributed by atoms with E-state index in [1.54, 1.807) is 50.3 Å². The molecule has 188 valence electrons. The van der Waals surface area contributed by atoms with Gasteiger partial charge in [0.05, 0.1) is 24.3 Å². The number of hydrogen-bond acceptors (Lipinski definition) is 4. The third-order valence-corrected chi connectivity index (χ3v) is 5.65. The van der Waals surface area contributed by atoms with E-state index >= 15 is 0 Å². The monoisotopic (exact) mass is 508 g/mol. The number of allylic oxidation sites excluding steroid dienone is 6. The molecular formula is C26H28ClF3N2O3. The van der Waals surface area contributed by atoms with Crippen molar-refractivity contribution in [1.82, 2.24) is 10.1 Å². The maximum absolute atomic E-state index is 12.7. The Morgan fingerprint density at radius 1 is 1.26 bits per heavy atom. The van der Waals surface area contributed by atoms with Crippen molar-refractivity contribution in [2.75, 3.05) is 13.1 Å². The number of aromatic nitrogens is 1. The van der Waals surface area contributed by atoms with Crippen molar-refractivity contribution in [3.63, 3.8) is 0 Å². The molecule has 0 saturated carbocycles. The summed E-state index contributed by atoms with van der Waals surface area (Å²) in [5.74, 6) is 0.00289. The normalized spacial score (nSPS) is 15.7. The smallest absolute Gasteiger partial charge is 0.416 e. The summed E-state index contributed by atoms with van der Waals surface area (Å²) < 4.78 is 47.9. The Labute approximate surface area is 207 Å². The van der Waals surface area contributed by atoms with Crippen LogP contribution in [-0.2, 0) is 4.79 Å². The molecule has 1 aliphatic rings. The summed E-state index contributed by atoms with van der Waals surface area (Å²) in [5.41, 5.74) is 3.09. The van der Waals surface area contributed by atoms with E-state index in [2.05, 4.69) is 11.7 Å². The van der Waals surface area contributed by atoms with Gasteiger partial charge in [0, 0.05) is 34.8 Å². The van der Waals surface area contributed by atoms with Gasteiger partial charge >= 0.3 is 6.18 Å². The molecule has 3 heterocycles. The SMILES string of the molecule is C/C(Cl)=C(\C)C(=O)N1CC=C(c2cnoc2)CC1.C=C(C)/C(=C\C(=C/C)c1ccoc1)C(F)(F)F. The molecular weight excluding hydrogens is 481 g/mol. The average molecular weight is 509 g/mol. The van der Waals surface area contributed by atoms with Gasteiger partial charge in [-0.3, -0.25) is 4.79 Å². The molecule has 0 aromatic carbocycles. The number of carbonyl (C=O) groups excluding carboxylic acids is 1. The van der Waals surface area contributed by atoms with Gasteiger partial charge in [-0.05, 0) is 63.0 Å². The first-order valence-corrected chi connectivity index (χ1v) is 11.2. The third-order valence-electron chi connectivity index (χ3n) is 5.37. The maximum Gasteiger partial charge on any atom is 0.416 e. The standard InChI is InChI=1S/C13H15ClN2O2.C13H13F3O/c1-9(10(2)14)13(17)16-5-3-11(4-6-16)12-7-15-18-8-12;1-4-10(11-5-6-17-8-11)7-12(9(2)3)13(14,15)16/h3,7-8H,4-6H2,1-2H3;4-8H,2H2,1,3H3/b10-9-;10-4+,12-7+. The highest BCUT2D eigenvalue weighted by Crippen LogP contribution is 2.33. The summed E-state index contributed by atoms with van der Waals surface area (Å²) in [5, 5.41) is 4.23. The summed E-state index contributed by atoms with van der Waals surface area (Å²) in [7, 11) is 0.